The lowest BCUT2D eigenvalue weighted by Crippen LogP contribution is -2.30. The Morgan fingerprint density at radius 1 is 1.47 bits per heavy atom. The summed E-state index contributed by atoms with van der Waals surface area (Å²) in [5, 5.41) is 9.44. The van der Waals surface area contributed by atoms with E-state index >= 15 is 0 Å². The highest BCUT2D eigenvalue weighted by Crippen LogP contribution is 2.28. The Balaban J connectivity index is 2.31. The molecule has 1 unspecified atom stereocenters. The maximum Gasteiger partial charge on any atom is 0.0847 e. The zero-order valence-corrected chi connectivity index (χ0v) is 13.0. The summed E-state index contributed by atoms with van der Waals surface area (Å²) < 4.78 is 1.95. The number of hydrazine groups is 1. The van der Waals surface area contributed by atoms with Gasteiger partial charge in [0.2, 0.25) is 0 Å². The van der Waals surface area contributed by atoms with Crippen molar-refractivity contribution in [2.24, 2.45) is 5.84 Å². The largest absolute Gasteiger partial charge is 0.271 e. The van der Waals surface area contributed by atoms with Crippen molar-refractivity contribution in [3.8, 4) is 0 Å². The zero-order valence-electron chi connectivity index (χ0n) is 11.4. The number of thiophene rings is 1. The number of aromatic nitrogens is 2. The van der Waals surface area contributed by atoms with Crippen LogP contribution in [0.4, 0.5) is 0 Å². The van der Waals surface area contributed by atoms with E-state index in [0.29, 0.717) is 0 Å². The first-order valence-electron chi connectivity index (χ1n) is 6.29. The summed E-state index contributed by atoms with van der Waals surface area (Å²) in [6, 6.07) is 0.0603. The second-order valence-corrected chi connectivity index (χ2v) is 5.72. The van der Waals surface area contributed by atoms with E-state index in [1.807, 2.05) is 11.6 Å². The quantitative estimate of drug-likeness (QED) is 0.659. The van der Waals surface area contributed by atoms with Gasteiger partial charge < -0.3 is 0 Å². The Kier molecular flexibility index (Phi) is 4.62. The van der Waals surface area contributed by atoms with Gasteiger partial charge >= 0.3 is 0 Å². The standard InChI is InChI=1S/C13H19ClN4S/c1-4-18-12(13(14)9(3)17-18)5-11(16-15)10-7-19-6-8(10)2/h6-7,11,16H,4-5,15H2,1-3H3. The Labute approximate surface area is 122 Å². The van der Waals surface area contributed by atoms with Gasteiger partial charge in [0, 0.05) is 13.0 Å². The Hall–Kier alpha value is -0.880. The third-order valence-corrected chi connectivity index (χ3v) is 4.69. The molecule has 0 saturated carbocycles. The highest BCUT2D eigenvalue weighted by atomic mass is 35.5. The van der Waals surface area contributed by atoms with Gasteiger partial charge in [-0.3, -0.25) is 16.0 Å². The molecule has 0 aliphatic heterocycles. The zero-order chi connectivity index (χ0) is 14.0. The van der Waals surface area contributed by atoms with Crippen LogP contribution in [0.15, 0.2) is 10.8 Å². The van der Waals surface area contributed by atoms with Gasteiger partial charge in [0.05, 0.1) is 22.5 Å². The van der Waals surface area contributed by atoms with Crippen molar-refractivity contribution in [1.29, 1.82) is 0 Å². The van der Waals surface area contributed by atoms with Gasteiger partial charge in [-0.05, 0) is 42.7 Å². The van der Waals surface area contributed by atoms with Crippen LogP contribution in [0, 0.1) is 13.8 Å². The van der Waals surface area contributed by atoms with Crippen LogP contribution in [0.2, 0.25) is 5.02 Å². The third-order valence-electron chi connectivity index (χ3n) is 3.32. The summed E-state index contributed by atoms with van der Waals surface area (Å²) in [5.74, 6) is 5.71. The van der Waals surface area contributed by atoms with Crippen LogP contribution in [-0.2, 0) is 13.0 Å². The van der Waals surface area contributed by atoms with Gasteiger partial charge in [-0.2, -0.15) is 16.4 Å². The Morgan fingerprint density at radius 2 is 2.21 bits per heavy atom. The summed E-state index contributed by atoms with van der Waals surface area (Å²) >= 11 is 8.03. The molecule has 0 amide bonds. The molecule has 6 heteroatoms. The van der Waals surface area contributed by atoms with E-state index < -0.39 is 0 Å². The van der Waals surface area contributed by atoms with Gasteiger partial charge in [0.25, 0.3) is 0 Å². The van der Waals surface area contributed by atoms with E-state index in [-0.39, 0.29) is 6.04 Å². The first-order chi connectivity index (χ1) is 9.08. The molecule has 0 saturated heterocycles. The second kappa shape index (κ2) is 6.05. The molecule has 2 heterocycles. The first kappa shape index (κ1) is 14.5. The molecule has 2 rings (SSSR count). The fourth-order valence-electron chi connectivity index (χ4n) is 2.24. The highest BCUT2D eigenvalue weighted by molar-refractivity contribution is 7.08. The number of rotatable bonds is 5. The van der Waals surface area contributed by atoms with Crippen molar-refractivity contribution in [2.45, 2.75) is 39.8 Å². The van der Waals surface area contributed by atoms with Crippen LogP contribution in [0.1, 0.15) is 35.5 Å². The van der Waals surface area contributed by atoms with E-state index in [1.54, 1.807) is 11.3 Å². The van der Waals surface area contributed by atoms with Gasteiger partial charge in [-0.15, -0.1) is 0 Å². The van der Waals surface area contributed by atoms with E-state index in [4.69, 9.17) is 17.4 Å². The molecule has 4 nitrogen and oxygen atoms in total. The summed E-state index contributed by atoms with van der Waals surface area (Å²) in [5.41, 5.74) is 7.28. The molecule has 0 aliphatic rings. The summed E-state index contributed by atoms with van der Waals surface area (Å²) in [6.07, 6.45) is 0.738. The molecule has 0 aliphatic carbocycles. The predicted octanol–water partition coefficient (Wildman–Crippen LogP) is 2.98. The molecule has 2 aromatic rings. The molecule has 0 fully saturated rings. The number of aryl methyl sites for hydroxylation is 3. The van der Waals surface area contributed by atoms with Crippen LogP contribution in [0.3, 0.4) is 0 Å². The molecular weight excluding hydrogens is 280 g/mol. The van der Waals surface area contributed by atoms with Crippen LogP contribution in [-0.4, -0.2) is 9.78 Å². The lowest BCUT2D eigenvalue weighted by molar-refractivity contribution is 0.516. The number of nitrogens with two attached hydrogens (primary N) is 1. The first-order valence-corrected chi connectivity index (χ1v) is 7.61. The van der Waals surface area contributed by atoms with Crippen molar-refractivity contribution in [1.82, 2.24) is 15.2 Å². The summed E-state index contributed by atoms with van der Waals surface area (Å²) in [6.45, 7) is 6.90. The van der Waals surface area contributed by atoms with E-state index in [2.05, 4.69) is 35.1 Å². The van der Waals surface area contributed by atoms with Crippen LogP contribution < -0.4 is 11.3 Å². The van der Waals surface area contributed by atoms with Crippen LogP contribution in [0.5, 0.6) is 0 Å². The number of nitrogens with zero attached hydrogens (tertiary/aromatic N) is 2. The van der Waals surface area contributed by atoms with E-state index in [9.17, 15) is 0 Å². The molecule has 0 bridgehead atoms. The summed E-state index contributed by atoms with van der Waals surface area (Å²) in [4.78, 5) is 0. The lowest BCUT2D eigenvalue weighted by atomic mass is 10.0. The van der Waals surface area contributed by atoms with Crippen molar-refractivity contribution in [2.75, 3.05) is 0 Å². The smallest absolute Gasteiger partial charge is 0.0847 e. The average Bonchev–Trinajstić information content (AvgIpc) is 2.93. The third kappa shape index (κ3) is 2.84. The minimum Gasteiger partial charge on any atom is -0.271 e. The normalized spacial score (nSPS) is 12.9. The molecule has 3 N–H and O–H groups in total. The summed E-state index contributed by atoms with van der Waals surface area (Å²) in [7, 11) is 0. The fraction of sp³-hybridized carbons (Fsp3) is 0.462. The molecule has 2 aromatic heterocycles. The van der Waals surface area contributed by atoms with Crippen molar-refractivity contribution in [3.63, 3.8) is 0 Å². The SMILES string of the molecule is CCn1nc(C)c(Cl)c1CC(NN)c1cscc1C. The van der Waals surface area contributed by atoms with E-state index in [0.717, 1.165) is 29.4 Å². The second-order valence-electron chi connectivity index (χ2n) is 4.60. The fourth-order valence-corrected chi connectivity index (χ4v) is 3.36. The maximum absolute atomic E-state index is 6.35. The van der Waals surface area contributed by atoms with Crippen LogP contribution in [0.25, 0.3) is 0 Å². The van der Waals surface area contributed by atoms with Gasteiger partial charge in [-0.1, -0.05) is 11.6 Å². The average molecular weight is 299 g/mol. The number of hydrogen-bond acceptors (Lipinski definition) is 4. The van der Waals surface area contributed by atoms with Crippen molar-refractivity contribution < 1.29 is 0 Å². The van der Waals surface area contributed by atoms with E-state index in [1.165, 1.54) is 11.1 Å². The van der Waals surface area contributed by atoms with Gasteiger partial charge in [0.1, 0.15) is 0 Å². The maximum atomic E-state index is 6.35. The minimum absolute atomic E-state index is 0.0603. The molecule has 0 radical (unpaired) electrons. The molecule has 0 aromatic carbocycles. The molecule has 1 atom stereocenters. The number of hydrogen-bond donors (Lipinski definition) is 2. The number of nitrogens with one attached hydrogen (secondary N) is 1. The van der Waals surface area contributed by atoms with Gasteiger partial charge in [0.15, 0.2) is 0 Å². The minimum atomic E-state index is 0.0603. The van der Waals surface area contributed by atoms with Gasteiger partial charge in [-0.25, -0.2) is 0 Å². The van der Waals surface area contributed by atoms with Crippen molar-refractivity contribution in [3.05, 3.63) is 38.3 Å². The monoisotopic (exact) mass is 298 g/mol. The highest BCUT2D eigenvalue weighted by Gasteiger charge is 2.20. The molecule has 104 valence electrons. The predicted molar refractivity (Wildman–Crippen MR) is 80.5 cm³/mol. The van der Waals surface area contributed by atoms with Crippen molar-refractivity contribution >= 4 is 22.9 Å². The number of halogens is 1. The Morgan fingerprint density at radius 3 is 2.74 bits per heavy atom. The molecule has 0 spiro atoms. The lowest BCUT2D eigenvalue weighted by Gasteiger charge is -2.17. The molecule has 19 heavy (non-hydrogen) atoms. The topological polar surface area (TPSA) is 55.9 Å². The molecular formula is C13H19ClN4S. The van der Waals surface area contributed by atoms with Crippen LogP contribution >= 0.6 is 22.9 Å². The Bertz CT molecular complexity index is 561.